The zero-order valence-corrected chi connectivity index (χ0v) is 25.7. The first kappa shape index (κ1) is 30.4. The van der Waals surface area contributed by atoms with E-state index in [0.29, 0.717) is 40.2 Å². The summed E-state index contributed by atoms with van der Waals surface area (Å²) >= 11 is 0. The van der Waals surface area contributed by atoms with E-state index in [2.05, 4.69) is 6.07 Å². The van der Waals surface area contributed by atoms with Crippen LogP contribution in [0.1, 0.15) is 50.0 Å². The lowest BCUT2D eigenvalue weighted by atomic mass is 9.91. The Balaban J connectivity index is 1.58. The Morgan fingerprint density at radius 1 is 0.978 bits per heavy atom. The van der Waals surface area contributed by atoms with Gasteiger partial charge >= 0.3 is 5.97 Å². The molecular formula is C36H33F3N2O4. The number of pyridine rings is 1. The number of hydrogen-bond acceptors (Lipinski definition) is 5. The van der Waals surface area contributed by atoms with Crippen molar-refractivity contribution in [2.24, 2.45) is 0 Å². The number of esters is 1. The molecule has 1 atom stereocenters. The van der Waals surface area contributed by atoms with Gasteiger partial charge in [-0.05, 0) is 93.1 Å². The van der Waals surface area contributed by atoms with Crippen molar-refractivity contribution in [3.05, 3.63) is 101 Å². The highest BCUT2D eigenvalue weighted by atomic mass is 19.2. The van der Waals surface area contributed by atoms with Gasteiger partial charge in [0, 0.05) is 34.6 Å². The SMILES string of the molecule is COC(=O)[C@@H](OC(C)(C)C)c1c(C)cn2cc(-c3cccc(-c4ccc(F)c(F)c4F)c3)nc2c1-c1ccc2c(c1)CCCO2. The monoisotopic (exact) mass is 614 g/mol. The van der Waals surface area contributed by atoms with Gasteiger partial charge in [0.1, 0.15) is 11.4 Å². The molecule has 0 bridgehead atoms. The molecule has 6 nitrogen and oxygen atoms in total. The van der Waals surface area contributed by atoms with Gasteiger partial charge in [0.25, 0.3) is 0 Å². The molecule has 0 amide bonds. The van der Waals surface area contributed by atoms with Gasteiger partial charge in [0.2, 0.25) is 0 Å². The van der Waals surface area contributed by atoms with Crippen LogP contribution in [-0.2, 0) is 20.7 Å². The van der Waals surface area contributed by atoms with Gasteiger partial charge in [-0.15, -0.1) is 0 Å². The van der Waals surface area contributed by atoms with Crippen LogP contribution in [0.2, 0.25) is 0 Å². The zero-order valence-electron chi connectivity index (χ0n) is 25.7. The highest BCUT2D eigenvalue weighted by molar-refractivity contribution is 5.89. The average molecular weight is 615 g/mol. The normalized spacial score (nSPS) is 13.8. The first-order chi connectivity index (χ1) is 21.4. The highest BCUT2D eigenvalue weighted by Crippen LogP contribution is 2.41. The number of rotatable bonds is 6. The number of imidazole rings is 1. The molecule has 0 unspecified atom stereocenters. The fourth-order valence-corrected chi connectivity index (χ4v) is 5.83. The molecule has 1 aliphatic heterocycles. The van der Waals surface area contributed by atoms with E-state index in [0.717, 1.165) is 41.3 Å². The van der Waals surface area contributed by atoms with E-state index < -0.39 is 35.1 Å². The summed E-state index contributed by atoms with van der Waals surface area (Å²) in [6, 6.07) is 14.9. The van der Waals surface area contributed by atoms with E-state index in [9.17, 15) is 18.0 Å². The van der Waals surface area contributed by atoms with Crippen LogP contribution in [0.15, 0.2) is 67.0 Å². The minimum Gasteiger partial charge on any atom is -0.493 e. The fourth-order valence-electron chi connectivity index (χ4n) is 5.83. The van der Waals surface area contributed by atoms with Gasteiger partial charge in [-0.25, -0.2) is 22.9 Å². The summed E-state index contributed by atoms with van der Waals surface area (Å²) < 4.78 is 61.7. The van der Waals surface area contributed by atoms with Gasteiger partial charge in [-0.1, -0.05) is 24.3 Å². The second-order valence-corrected chi connectivity index (χ2v) is 12.2. The number of hydrogen-bond donors (Lipinski definition) is 0. The molecule has 0 saturated carbocycles. The van der Waals surface area contributed by atoms with Crippen LogP contribution in [0.3, 0.4) is 0 Å². The maximum absolute atomic E-state index is 14.7. The minimum absolute atomic E-state index is 0.0603. The number of fused-ring (bicyclic) bond motifs is 2. The summed E-state index contributed by atoms with van der Waals surface area (Å²) in [7, 11) is 1.33. The molecule has 3 heterocycles. The maximum Gasteiger partial charge on any atom is 0.339 e. The molecule has 0 aliphatic carbocycles. The number of ether oxygens (including phenoxy) is 3. The molecule has 9 heteroatoms. The molecule has 0 saturated heterocycles. The highest BCUT2D eigenvalue weighted by Gasteiger charge is 2.33. The molecule has 0 fully saturated rings. The summed E-state index contributed by atoms with van der Waals surface area (Å²) in [4.78, 5) is 18.3. The number of nitrogens with zero attached hydrogens (tertiary/aromatic N) is 2. The number of aromatic nitrogens is 2. The fraction of sp³-hybridized carbons (Fsp3) is 0.278. The second-order valence-electron chi connectivity index (χ2n) is 12.2. The van der Waals surface area contributed by atoms with Crippen LogP contribution in [0.5, 0.6) is 5.75 Å². The first-order valence-electron chi connectivity index (χ1n) is 14.7. The summed E-state index contributed by atoms with van der Waals surface area (Å²) in [5.41, 5.74) is 5.43. The van der Waals surface area contributed by atoms with Gasteiger partial charge in [0.15, 0.2) is 23.6 Å². The van der Waals surface area contributed by atoms with Gasteiger partial charge in [-0.2, -0.15) is 0 Å². The molecule has 0 radical (unpaired) electrons. The third-order valence-corrected chi connectivity index (χ3v) is 7.83. The van der Waals surface area contributed by atoms with Crippen LogP contribution < -0.4 is 4.74 Å². The van der Waals surface area contributed by atoms with Crippen molar-refractivity contribution in [2.75, 3.05) is 13.7 Å². The van der Waals surface area contributed by atoms with Crippen LogP contribution in [-0.4, -0.2) is 34.7 Å². The van der Waals surface area contributed by atoms with E-state index >= 15 is 0 Å². The Morgan fingerprint density at radius 3 is 2.51 bits per heavy atom. The number of methoxy groups -OCH3 is 1. The maximum atomic E-state index is 14.7. The number of benzene rings is 3. The molecule has 0 spiro atoms. The molecule has 45 heavy (non-hydrogen) atoms. The van der Waals surface area contributed by atoms with Crippen LogP contribution in [0.4, 0.5) is 13.2 Å². The van der Waals surface area contributed by atoms with Crippen molar-refractivity contribution in [1.29, 1.82) is 0 Å². The Bertz CT molecular complexity index is 1940. The van der Waals surface area contributed by atoms with Crippen molar-refractivity contribution in [3.8, 4) is 39.3 Å². The summed E-state index contributed by atoms with van der Waals surface area (Å²) in [5, 5.41) is 0. The van der Waals surface area contributed by atoms with E-state index in [1.165, 1.54) is 13.2 Å². The number of aryl methyl sites for hydroxylation is 2. The quantitative estimate of drug-likeness (QED) is 0.142. The van der Waals surface area contributed by atoms with Gasteiger partial charge in [-0.3, -0.25) is 0 Å². The Hall–Kier alpha value is -4.63. The smallest absolute Gasteiger partial charge is 0.339 e. The predicted molar refractivity (Wildman–Crippen MR) is 166 cm³/mol. The van der Waals surface area contributed by atoms with Crippen molar-refractivity contribution >= 4 is 11.6 Å². The van der Waals surface area contributed by atoms with E-state index in [4.69, 9.17) is 19.2 Å². The lowest BCUT2D eigenvalue weighted by Crippen LogP contribution is -2.29. The second kappa shape index (κ2) is 11.7. The minimum atomic E-state index is -1.52. The van der Waals surface area contributed by atoms with Crippen LogP contribution in [0.25, 0.3) is 39.2 Å². The van der Waals surface area contributed by atoms with Crippen LogP contribution in [0, 0.1) is 24.4 Å². The third-order valence-electron chi connectivity index (χ3n) is 7.83. The van der Waals surface area contributed by atoms with Crippen molar-refractivity contribution in [1.82, 2.24) is 9.38 Å². The van der Waals surface area contributed by atoms with Gasteiger partial charge < -0.3 is 18.6 Å². The Morgan fingerprint density at radius 2 is 1.76 bits per heavy atom. The van der Waals surface area contributed by atoms with Crippen molar-refractivity contribution in [2.45, 2.75) is 52.2 Å². The molecule has 1 aliphatic rings. The van der Waals surface area contributed by atoms with Crippen molar-refractivity contribution in [3.63, 3.8) is 0 Å². The third kappa shape index (κ3) is 5.80. The van der Waals surface area contributed by atoms with Crippen LogP contribution >= 0.6 is 0 Å². The molecule has 5 aromatic rings. The standard InChI is InChI=1S/C36H33F3N2O4/c1-20-18-41-19-27(22-9-6-8-21(16-22)25-12-13-26(37)32(39)31(25)38)40-34(41)30(24-11-14-28-23(17-24)10-7-15-44-28)29(20)33(35(42)43-5)45-36(2,3)4/h6,8-9,11-14,16-19,33H,7,10,15H2,1-5H3/t33-/m0/s1. The van der Waals surface area contributed by atoms with Crippen molar-refractivity contribution < 1.29 is 32.2 Å². The number of halogens is 3. The average Bonchev–Trinajstić information content (AvgIpc) is 3.44. The van der Waals surface area contributed by atoms with Gasteiger partial charge in [0.05, 0.1) is 25.0 Å². The number of carbonyl (C=O) groups excluding carboxylic acids is 1. The van der Waals surface area contributed by atoms with E-state index in [1.807, 2.05) is 62.7 Å². The summed E-state index contributed by atoms with van der Waals surface area (Å²) in [6.07, 6.45) is 4.43. The molecule has 232 valence electrons. The summed E-state index contributed by atoms with van der Waals surface area (Å²) in [5.74, 6) is -3.73. The molecule has 0 N–H and O–H groups in total. The first-order valence-corrected chi connectivity index (χ1v) is 14.7. The zero-order chi connectivity index (χ0) is 32.0. The predicted octanol–water partition coefficient (Wildman–Crippen LogP) is 8.42. The Kier molecular flexibility index (Phi) is 7.91. The molecular weight excluding hydrogens is 581 g/mol. The molecule has 2 aromatic heterocycles. The largest absolute Gasteiger partial charge is 0.493 e. The lowest BCUT2D eigenvalue weighted by Gasteiger charge is -2.29. The van der Waals surface area contributed by atoms with E-state index in [1.54, 1.807) is 18.2 Å². The lowest BCUT2D eigenvalue weighted by molar-refractivity contribution is -0.164. The molecule has 6 rings (SSSR count). The Labute approximate surface area is 259 Å². The van der Waals surface area contributed by atoms with E-state index in [-0.39, 0.29) is 5.56 Å². The topological polar surface area (TPSA) is 62.1 Å². The molecule has 3 aromatic carbocycles. The summed E-state index contributed by atoms with van der Waals surface area (Å²) in [6.45, 7) is 8.20. The number of carbonyl (C=O) groups is 1.